The maximum absolute atomic E-state index is 11.5. The van der Waals surface area contributed by atoms with Crippen molar-refractivity contribution in [1.82, 2.24) is 5.32 Å². The second-order valence-electron chi connectivity index (χ2n) is 5.03. The van der Waals surface area contributed by atoms with Gasteiger partial charge in [0.1, 0.15) is 0 Å². The lowest BCUT2D eigenvalue weighted by Gasteiger charge is -2.07. The molecule has 90 valence electrons. The van der Waals surface area contributed by atoms with Gasteiger partial charge in [-0.2, -0.15) is 0 Å². The van der Waals surface area contributed by atoms with E-state index in [-0.39, 0.29) is 5.91 Å². The first-order valence-electron chi connectivity index (χ1n) is 5.89. The summed E-state index contributed by atoms with van der Waals surface area (Å²) in [5.74, 6) is -0.0412. The first-order chi connectivity index (χ1) is 8.07. The van der Waals surface area contributed by atoms with E-state index in [0.29, 0.717) is 11.1 Å². The van der Waals surface area contributed by atoms with Gasteiger partial charge in [0.2, 0.25) is 5.91 Å². The number of anilines is 1. The van der Waals surface area contributed by atoms with Crippen molar-refractivity contribution >= 4 is 17.7 Å². The molecule has 0 atom stereocenters. The van der Waals surface area contributed by atoms with Gasteiger partial charge in [0, 0.05) is 18.3 Å². The normalized spacial score (nSPS) is 17.0. The molecule has 0 aromatic heterocycles. The smallest absolute Gasteiger partial charge is 0.244 e. The Morgan fingerprint density at radius 2 is 2.29 bits per heavy atom. The van der Waals surface area contributed by atoms with Crippen molar-refractivity contribution in [2.24, 2.45) is 5.41 Å². The number of carbonyl (C=O) groups excluding carboxylic acids is 1. The molecule has 1 amide bonds. The Kier molecular flexibility index (Phi) is 3.18. The third-order valence-electron chi connectivity index (χ3n) is 3.13. The van der Waals surface area contributed by atoms with Crippen LogP contribution in [0.25, 0.3) is 6.08 Å². The predicted octanol–water partition coefficient (Wildman–Crippen LogP) is 2.20. The number of carbonyl (C=O) groups is 1. The Labute approximate surface area is 102 Å². The number of amides is 1. The molecular weight excluding hydrogens is 212 g/mol. The highest BCUT2D eigenvalue weighted by atomic mass is 16.1. The number of rotatable bonds is 4. The maximum Gasteiger partial charge on any atom is 0.244 e. The molecule has 0 heterocycles. The molecule has 2 rings (SSSR count). The van der Waals surface area contributed by atoms with Crippen molar-refractivity contribution in [3.05, 3.63) is 35.9 Å². The van der Waals surface area contributed by atoms with E-state index in [1.165, 1.54) is 12.8 Å². The van der Waals surface area contributed by atoms with Crippen molar-refractivity contribution in [1.29, 1.82) is 0 Å². The number of hydrogen-bond acceptors (Lipinski definition) is 2. The number of nitrogen functional groups attached to an aromatic ring is 1. The largest absolute Gasteiger partial charge is 0.399 e. The molecule has 3 nitrogen and oxygen atoms in total. The summed E-state index contributed by atoms with van der Waals surface area (Å²) in [6, 6.07) is 7.46. The molecule has 1 aliphatic carbocycles. The van der Waals surface area contributed by atoms with Gasteiger partial charge in [0.25, 0.3) is 0 Å². The Morgan fingerprint density at radius 1 is 1.53 bits per heavy atom. The highest BCUT2D eigenvalue weighted by molar-refractivity contribution is 5.91. The minimum absolute atomic E-state index is 0.0412. The number of nitrogens with one attached hydrogen (secondary N) is 1. The average molecular weight is 230 g/mol. The van der Waals surface area contributed by atoms with Crippen LogP contribution in [0.3, 0.4) is 0 Å². The molecule has 1 aliphatic rings. The van der Waals surface area contributed by atoms with E-state index in [4.69, 9.17) is 5.73 Å². The fraction of sp³-hybridized carbons (Fsp3) is 0.357. The van der Waals surface area contributed by atoms with E-state index in [9.17, 15) is 4.79 Å². The van der Waals surface area contributed by atoms with Gasteiger partial charge in [-0.3, -0.25) is 4.79 Å². The molecule has 3 N–H and O–H groups in total. The Hall–Kier alpha value is -1.77. The van der Waals surface area contributed by atoms with Crippen LogP contribution in [-0.2, 0) is 4.79 Å². The molecule has 0 spiro atoms. The Balaban J connectivity index is 1.85. The fourth-order valence-electron chi connectivity index (χ4n) is 1.58. The second kappa shape index (κ2) is 4.62. The van der Waals surface area contributed by atoms with Crippen LogP contribution in [0.2, 0.25) is 0 Å². The molecule has 1 saturated carbocycles. The molecule has 1 fully saturated rings. The molecule has 0 aliphatic heterocycles. The van der Waals surface area contributed by atoms with Gasteiger partial charge in [-0.05, 0) is 42.0 Å². The van der Waals surface area contributed by atoms with Crippen LogP contribution in [0.15, 0.2) is 30.3 Å². The standard InChI is InChI=1S/C14H18N2O/c1-14(7-8-14)10-16-13(17)6-5-11-3-2-4-12(15)9-11/h2-6,9H,7-8,10,15H2,1H3,(H,16,17)/b6-5+. The third kappa shape index (κ3) is 3.63. The van der Waals surface area contributed by atoms with Crippen molar-refractivity contribution in [3.63, 3.8) is 0 Å². The van der Waals surface area contributed by atoms with Crippen LogP contribution in [-0.4, -0.2) is 12.5 Å². The van der Waals surface area contributed by atoms with E-state index in [1.54, 1.807) is 12.2 Å². The Bertz CT molecular complexity index is 447. The minimum Gasteiger partial charge on any atom is -0.399 e. The lowest BCUT2D eigenvalue weighted by molar-refractivity contribution is -0.116. The van der Waals surface area contributed by atoms with Crippen LogP contribution in [0, 0.1) is 5.41 Å². The summed E-state index contributed by atoms with van der Waals surface area (Å²) >= 11 is 0. The summed E-state index contributed by atoms with van der Waals surface area (Å²) in [5.41, 5.74) is 7.65. The zero-order chi connectivity index (χ0) is 12.3. The lowest BCUT2D eigenvalue weighted by atomic mass is 10.1. The van der Waals surface area contributed by atoms with E-state index < -0.39 is 0 Å². The van der Waals surface area contributed by atoms with Crippen LogP contribution in [0.5, 0.6) is 0 Å². The van der Waals surface area contributed by atoms with Crippen molar-refractivity contribution in [2.75, 3.05) is 12.3 Å². The van der Waals surface area contributed by atoms with Crippen molar-refractivity contribution in [3.8, 4) is 0 Å². The molecule has 0 saturated heterocycles. The topological polar surface area (TPSA) is 55.1 Å². The van der Waals surface area contributed by atoms with E-state index in [1.807, 2.05) is 24.3 Å². The minimum atomic E-state index is -0.0412. The first-order valence-corrected chi connectivity index (χ1v) is 5.89. The van der Waals surface area contributed by atoms with Crippen LogP contribution < -0.4 is 11.1 Å². The third-order valence-corrected chi connectivity index (χ3v) is 3.13. The van der Waals surface area contributed by atoms with Gasteiger partial charge < -0.3 is 11.1 Å². The monoisotopic (exact) mass is 230 g/mol. The van der Waals surface area contributed by atoms with Gasteiger partial charge in [0.05, 0.1) is 0 Å². The predicted molar refractivity (Wildman–Crippen MR) is 70.2 cm³/mol. The van der Waals surface area contributed by atoms with Gasteiger partial charge >= 0.3 is 0 Å². The summed E-state index contributed by atoms with van der Waals surface area (Å²) < 4.78 is 0. The van der Waals surface area contributed by atoms with Gasteiger partial charge in [-0.15, -0.1) is 0 Å². The van der Waals surface area contributed by atoms with Gasteiger partial charge in [-0.1, -0.05) is 19.1 Å². The molecule has 17 heavy (non-hydrogen) atoms. The lowest BCUT2D eigenvalue weighted by Crippen LogP contribution is -2.27. The zero-order valence-electron chi connectivity index (χ0n) is 10.1. The van der Waals surface area contributed by atoms with Crippen LogP contribution >= 0.6 is 0 Å². The zero-order valence-corrected chi connectivity index (χ0v) is 10.1. The number of hydrogen-bond donors (Lipinski definition) is 2. The molecule has 0 unspecified atom stereocenters. The second-order valence-corrected chi connectivity index (χ2v) is 5.03. The summed E-state index contributed by atoms with van der Waals surface area (Å²) in [6.07, 6.45) is 5.76. The molecule has 1 aromatic carbocycles. The maximum atomic E-state index is 11.5. The first kappa shape index (κ1) is 11.7. The van der Waals surface area contributed by atoms with E-state index in [2.05, 4.69) is 12.2 Å². The molecule has 0 radical (unpaired) electrons. The molecule has 0 bridgehead atoms. The van der Waals surface area contributed by atoms with Crippen molar-refractivity contribution in [2.45, 2.75) is 19.8 Å². The van der Waals surface area contributed by atoms with Gasteiger partial charge in [0.15, 0.2) is 0 Å². The average Bonchev–Trinajstić information content (AvgIpc) is 3.03. The molecule has 1 aromatic rings. The highest BCUT2D eigenvalue weighted by Gasteiger charge is 2.36. The van der Waals surface area contributed by atoms with Crippen molar-refractivity contribution < 1.29 is 4.79 Å². The molecular formula is C14H18N2O. The number of nitrogens with two attached hydrogens (primary N) is 1. The van der Waals surface area contributed by atoms with E-state index in [0.717, 1.165) is 12.1 Å². The Morgan fingerprint density at radius 3 is 2.94 bits per heavy atom. The fourth-order valence-corrected chi connectivity index (χ4v) is 1.58. The SMILES string of the molecule is CC1(CNC(=O)/C=C/c2cccc(N)c2)CC1. The summed E-state index contributed by atoms with van der Waals surface area (Å²) in [5, 5.41) is 2.91. The summed E-state index contributed by atoms with van der Waals surface area (Å²) in [7, 11) is 0. The quantitative estimate of drug-likeness (QED) is 0.615. The number of benzene rings is 1. The molecule has 3 heteroatoms. The van der Waals surface area contributed by atoms with Crippen LogP contribution in [0.1, 0.15) is 25.3 Å². The van der Waals surface area contributed by atoms with Crippen LogP contribution in [0.4, 0.5) is 5.69 Å². The van der Waals surface area contributed by atoms with Gasteiger partial charge in [-0.25, -0.2) is 0 Å². The van der Waals surface area contributed by atoms with E-state index >= 15 is 0 Å². The summed E-state index contributed by atoms with van der Waals surface area (Å²) in [4.78, 5) is 11.5. The summed E-state index contributed by atoms with van der Waals surface area (Å²) in [6.45, 7) is 2.96. The highest BCUT2D eigenvalue weighted by Crippen LogP contribution is 2.43.